The van der Waals surface area contributed by atoms with Crippen LogP contribution in [-0.4, -0.2) is 43.6 Å². The number of hydrogen-bond acceptors (Lipinski definition) is 3. The van der Waals surface area contributed by atoms with Gasteiger partial charge in [-0.3, -0.25) is 9.89 Å². The van der Waals surface area contributed by atoms with Crippen LogP contribution in [0.5, 0.6) is 0 Å². The van der Waals surface area contributed by atoms with Crippen molar-refractivity contribution in [3.8, 4) is 0 Å². The molecule has 3 rings (SSSR count). The molecule has 0 saturated carbocycles. The smallest absolute Gasteiger partial charge is 0.242 e. The van der Waals surface area contributed by atoms with Crippen molar-refractivity contribution in [3.05, 3.63) is 36.7 Å². The second kappa shape index (κ2) is 5.90. The maximum absolute atomic E-state index is 12.3. The van der Waals surface area contributed by atoms with Crippen LogP contribution >= 0.6 is 0 Å². The van der Waals surface area contributed by atoms with Crippen LogP contribution in [0.15, 0.2) is 31.0 Å². The van der Waals surface area contributed by atoms with Crippen LogP contribution in [0.25, 0.3) is 0 Å². The van der Waals surface area contributed by atoms with E-state index in [1.54, 1.807) is 18.7 Å². The number of hydrogen-bond donors (Lipinski definition) is 1. The Hall–Kier alpha value is -2.11. The zero-order chi connectivity index (χ0) is 13.8. The zero-order valence-electron chi connectivity index (χ0n) is 11.4. The van der Waals surface area contributed by atoms with Gasteiger partial charge in [-0.05, 0) is 31.2 Å². The second-order valence-electron chi connectivity index (χ2n) is 5.37. The minimum Gasteiger partial charge on any atom is -0.341 e. The molecular weight excluding hydrogens is 254 g/mol. The summed E-state index contributed by atoms with van der Waals surface area (Å²) in [6.45, 7) is 2.09. The van der Waals surface area contributed by atoms with Crippen LogP contribution in [0.1, 0.15) is 18.5 Å². The Balaban J connectivity index is 1.56. The van der Waals surface area contributed by atoms with E-state index in [2.05, 4.69) is 15.2 Å². The van der Waals surface area contributed by atoms with Gasteiger partial charge in [0, 0.05) is 37.4 Å². The van der Waals surface area contributed by atoms with Crippen molar-refractivity contribution < 1.29 is 4.79 Å². The van der Waals surface area contributed by atoms with Crippen molar-refractivity contribution in [2.75, 3.05) is 13.1 Å². The predicted octanol–water partition coefficient (Wildman–Crippen LogP) is 1.09. The van der Waals surface area contributed by atoms with Crippen molar-refractivity contribution in [1.29, 1.82) is 0 Å². The predicted molar refractivity (Wildman–Crippen MR) is 73.8 cm³/mol. The summed E-state index contributed by atoms with van der Waals surface area (Å²) in [5, 5.41) is 6.97. The van der Waals surface area contributed by atoms with Crippen molar-refractivity contribution in [2.24, 2.45) is 5.92 Å². The molecule has 1 atom stereocenters. The number of aromatic amines is 1. The van der Waals surface area contributed by atoms with Gasteiger partial charge in [-0.1, -0.05) is 0 Å². The molecule has 1 unspecified atom stereocenters. The molecule has 20 heavy (non-hydrogen) atoms. The molecule has 0 aliphatic carbocycles. The SMILES string of the molecule is O=C(Cn1ccnc1)N1CCCC(Cc2ccn[nH]2)C1. The highest BCUT2D eigenvalue weighted by Gasteiger charge is 2.24. The highest BCUT2D eigenvalue weighted by atomic mass is 16.2. The number of likely N-dealkylation sites (tertiary alicyclic amines) is 1. The average Bonchev–Trinajstić information content (AvgIpc) is 3.12. The van der Waals surface area contributed by atoms with Gasteiger partial charge in [0.15, 0.2) is 0 Å². The van der Waals surface area contributed by atoms with Crippen molar-refractivity contribution in [3.63, 3.8) is 0 Å². The van der Waals surface area contributed by atoms with Crippen LogP contribution < -0.4 is 0 Å². The fourth-order valence-electron chi connectivity index (χ4n) is 2.80. The summed E-state index contributed by atoms with van der Waals surface area (Å²) < 4.78 is 1.82. The molecule has 1 saturated heterocycles. The minimum absolute atomic E-state index is 0.178. The Bertz CT molecular complexity index is 534. The van der Waals surface area contributed by atoms with Crippen LogP contribution in [0.3, 0.4) is 0 Å². The fourth-order valence-corrected chi connectivity index (χ4v) is 2.80. The highest BCUT2D eigenvalue weighted by molar-refractivity contribution is 5.76. The third-order valence-electron chi connectivity index (χ3n) is 3.82. The largest absolute Gasteiger partial charge is 0.341 e. The Morgan fingerprint density at radius 1 is 1.45 bits per heavy atom. The van der Waals surface area contributed by atoms with Crippen molar-refractivity contribution >= 4 is 5.91 Å². The molecular formula is C14H19N5O. The first-order valence-corrected chi connectivity index (χ1v) is 7.03. The van der Waals surface area contributed by atoms with Crippen molar-refractivity contribution in [2.45, 2.75) is 25.8 Å². The third-order valence-corrected chi connectivity index (χ3v) is 3.82. The van der Waals surface area contributed by atoms with E-state index in [1.165, 1.54) is 6.42 Å². The number of nitrogens with zero attached hydrogens (tertiary/aromatic N) is 4. The molecule has 1 aliphatic heterocycles. The monoisotopic (exact) mass is 273 g/mol. The summed E-state index contributed by atoms with van der Waals surface area (Å²) in [6, 6.07) is 2.01. The lowest BCUT2D eigenvalue weighted by Gasteiger charge is -2.32. The highest BCUT2D eigenvalue weighted by Crippen LogP contribution is 2.20. The van der Waals surface area contributed by atoms with E-state index in [0.717, 1.165) is 31.6 Å². The number of nitrogens with one attached hydrogen (secondary N) is 1. The first-order valence-electron chi connectivity index (χ1n) is 7.03. The summed E-state index contributed by atoms with van der Waals surface area (Å²) >= 11 is 0. The van der Waals surface area contributed by atoms with Gasteiger partial charge in [-0.25, -0.2) is 4.98 Å². The normalized spacial score (nSPS) is 19.2. The molecule has 2 aromatic heterocycles. The van der Waals surface area contributed by atoms with Crippen molar-refractivity contribution in [1.82, 2.24) is 24.6 Å². The van der Waals surface area contributed by atoms with Crippen LogP contribution in [0.2, 0.25) is 0 Å². The topological polar surface area (TPSA) is 66.8 Å². The number of carbonyl (C=O) groups is 1. The van der Waals surface area contributed by atoms with E-state index in [-0.39, 0.29) is 5.91 Å². The number of carbonyl (C=O) groups excluding carboxylic acids is 1. The molecule has 0 bridgehead atoms. The van der Waals surface area contributed by atoms with Crippen LogP contribution in [0, 0.1) is 5.92 Å². The van der Waals surface area contributed by atoms with Gasteiger partial charge in [0.05, 0.1) is 6.33 Å². The molecule has 1 N–H and O–H groups in total. The van der Waals surface area contributed by atoms with Gasteiger partial charge < -0.3 is 9.47 Å². The number of H-pyrrole nitrogens is 1. The molecule has 0 radical (unpaired) electrons. The summed E-state index contributed by atoms with van der Waals surface area (Å²) in [5.41, 5.74) is 1.15. The molecule has 1 aliphatic rings. The Morgan fingerprint density at radius 3 is 3.15 bits per heavy atom. The van der Waals surface area contributed by atoms with Gasteiger partial charge >= 0.3 is 0 Å². The molecule has 3 heterocycles. The molecule has 106 valence electrons. The average molecular weight is 273 g/mol. The molecule has 0 aromatic carbocycles. The molecule has 1 amide bonds. The number of aromatic nitrogens is 4. The van der Waals surface area contributed by atoms with Crippen LogP contribution in [-0.2, 0) is 17.8 Å². The summed E-state index contributed by atoms with van der Waals surface area (Å²) in [5.74, 6) is 0.702. The van der Waals surface area contributed by atoms with Gasteiger partial charge in [0.1, 0.15) is 6.54 Å². The maximum atomic E-state index is 12.3. The summed E-state index contributed by atoms with van der Waals surface area (Å²) in [7, 11) is 0. The van der Waals surface area contributed by atoms with E-state index in [9.17, 15) is 4.79 Å². The van der Waals surface area contributed by atoms with Crippen LogP contribution in [0.4, 0.5) is 0 Å². The quantitative estimate of drug-likeness (QED) is 0.906. The Labute approximate surface area is 117 Å². The first kappa shape index (κ1) is 12.9. The van der Waals surface area contributed by atoms with Gasteiger partial charge in [0.2, 0.25) is 5.91 Å². The minimum atomic E-state index is 0.178. The molecule has 0 spiro atoms. The molecule has 2 aromatic rings. The zero-order valence-corrected chi connectivity index (χ0v) is 11.4. The van der Waals surface area contributed by atoms with E-state index in [0.29, 0.717) is 12.5 Å². The fraction of sp³-hybridized carbons (Fsp3) is 0.500. The summed E-state index contributed by atoms with van der Waals surface area (Å²) in [4.78, 5) is 18.2. The summed E-state index contributed by atoms with van der Waals surface area (Å²) in [6.07, 6.45) is 10.2. The number of amides is 1. The Kier molecular flexibility index (Phi) is 3.80. The number of rotatable bonds is 4. The van der Waals surface area contributed by atoms with E-state index in [4.69, 9.17) is 0 Å². The Morgan fingerprint density at radius 2 is 2.40 bits per heavy atom. The molecule has 6 nitrogen and oxygen atoms in total. The van der Waals surface area contributed by atoms with Gasteiger partial charge in [-0.15, -0.1) is 0 Å². The van der Waals surface area contributed by atoms with Gasteiger partial charge in [-0.2, -0.15) is 5.10 Å². The molecule has 1 fully saturated rings. The van der Waals surface area contributed by atoms with E-state index >= 15 is 0 Å². The van der Waals surface area contributed by atoms with E-state index in [1.807, 2.05) is 21.7 Å². The lowest BCUT2D eigenvalue weighted by atomic mass is 9.93. The first-order chi connectivity index (χ1) is 9.81. The lowest BCUT2D eigenvalue weighted by molar-refractivity contribution is -0.133. The lowest BCUT2D eigenvalue weighted by Crippen LogP contribution is -2.42. The standard InChI is InChI=1S/C14H19N5O/c20-14(10-18-7-5-15-11-18)19-6-1-2-12(9-19)8-13-3-4-16-17-13/h3-5,7,11-12H,1-2,6,8-10H2,(H,16,17). The second-order valence-corrected chi connectivity index (χ2v) is 5.37. The number of imidazole rings is 1. The maximum Gasteiger partial charge on any atom is 0.242 e. The molecule has 6 heteroatoms. The number of piperidine rings is 1. The van der Waals surface area contributed by atoms with Gasteiger partial charge in [0.25, 0.3) is 0 Å². The van der Waals surface area contributed by atoms with E-state index < -0.39 is 0 Å². The third kappa shape index (κ3) is 3.07.